The summed E-state index contributed by atoms with van der Waals surface area (Å²) in [7, 11) is 1.49. The Morgan fingerprint density at radius 1 is 1.25 bits per heavy atom. The number of amides is 2. The van der Waals surface area contributed by atoms with Crippen molar-refractivity contribution in [3.63, 3.8) is 0 Å². The number of carbonyl (C=O) groups excluding carboxylic acids is 2. The van der Waals surface area contributed by atoms with Gasteiger partial charge in [0, 0.05) is 38.9 Å². The Labute approximate surface area is 211 Å². The first kappa shape index (κ1) is 27.2. The Bertz CT molecular complexity index is 1200. The Hall–Kier alpha value is -3.40. The fraction of sp³-hybridized carbons (Fsp3) is 0.538. The lowest BCUT2D eigenvalue weighted by molar-refractivity contribution is -0.124. The number of methoxy groups -OCH3 is 1. The van der Waals surface area contributed by atoms with Gasteiger partial charge in [-0.15, -0.1) is 0 Å². The second kappa shape index (κ2) is 12.0. The average Bonchev–Trinajstić information content (AvgIpc) is 3.26. The molecule has 0 aliphatic carbocycles. The maximum atomic E-state index is 13.8. The van der Waals surface area contributed by atoms with Crippen molar-refractivity contribution in [2.24, 2.45) is 5.92 Å². The van der Waals surface area contributed by atoms with Crippen LogP contribution in [0.4, 0.5) is 17.2 Å². The third kappa shape index (κ3) is 5.53. The molecule has 1 aliphatic heterocycles. The first-order chi connectivity index (χ1) is 17.2. The van der Waals surface area contributed by atoms with E-state index in [9.17, 15) is 19.2 Å². The number of rotatable bonds is 11. The normalized spacial score (nSPS) is 16.4. The molecule has 2 amide bonds. The summed E-state index contributed by atoms with van der Waals surface area (Å²) < 4.78 is 6.46. The van der Waals surface area contributed by atoms with Crippen LogP contribution in [0, 0.1) is 5.92 Å². The first-order valence-electron chi connectivity index (χ1n) is 12.6. The SMILES string of the molecule is CCCCn1c(N)c(N(CCOC)C(=O)[C@H]2CC(=O)N(c3ccccc3[C@H](C)CC)C2)c(=O)[nH]c1=O. The van der Waals surface area contributed by atoms with E-state index < -0.39 is 23.1 Å². The van der Waals surface area contributed by atoms with E-state index in [-0.39, 0.29) is 49.4 Å². The number of nitrogens with two attached hydrogens (primary N) is 1. The predicted octanol–water partition coefficient (Wildman–Crippen LogP) is 2.46. The number of nitrogens with one attached hydrogen (secondary N) is 1. The lowest BCUT2D eigenvalue weighted by Gasteiger charge is -2.27. The lowest BCUT2D eigenvalue weighted by Crippen LogP contribution is -2.45. The molecule has 2 heterocycles. The van der Waals surface area contributed by atoms with Crippen molar-refractivity contribution in [3.05, 3.63) is 50.7 Å². The summed E-state index contributed by atoms with van der Waals surface area (Å²) in [5, 5.41) is 0. The molecule has 10 heteroatoms. The summed E-state index contributed by atoms with van der Waals surface area (Å²) in [6, 6.07) is 7.75. The van der Waals surface area contributed by atoms with E-state index in [1.165, 1.54) is 16.6 Å². The van der Waals surface area contributed by atoms with Crippen molar-refractivity contribution in [2.45, 2.75) is 58.9 Å². The van der Waals surface area contributed by atoms with Gasteiger partial charge in [0.1, 0.15) is 5.82 Å². The van der Waals surface area contributed by atoms with Gasteiger partial charge in [0.15, 0.2) is 5.69 Å². The molecule has 10 nitrogen and oxygen atoms in total. The summed E-state index contributed by atoms with van der Waals surface area (Å²) >= 11 is 0. The summed E-state index contributed by atoms with van der Waals surface area (Å²) in [5.41, 5.74) is 6.71. The predicted molar refractivity (Wildman–Crippen MR) is 140 cm³/mol. The summed E-state index contributed by atoms with van der Waals surface area (Å²) in [4.78, 5) is 57.3. The Balaban J connectivity index is 1.97. The average molecular weight is 500 g/mol. The van der Waals surface area contributed by atoms with Gasteiger partial charge in [-0.25, -0.2) is 4.79 Å². The smallest absolute Gasteiger partial charge is 0.330 e. The highest BCUT2D eigenvalue weighted by molar-refractivity contribution is 6.05. The first-order valence-corrected chi connectivity index (χ1v) is 12.6. The molecule has 2 aromatic rings. The van der Waals surface area contributed by atoms with Crippen LogP contribution in [0.3, 0.4) is 0 Å². The number of aromatic nitrogens is 2. The van der Waals surface area contributed by atoms with Crippen LogP contribution < -0.4 is 26.8 Å². The zero-order valence-corrected chi connectivity index (χ0v) is 21.6. The second-order valence-corrected chi connectivity index (χ2v) is 9.25. The van der Waals surface area contributed by atoms with Gasteiger partial charge in [-0.2, -0.15) is 0 Å². The largest absolute Gasteiger partial charge is 0.383 e. The third-order valence-corrected chi connectivity index (χ3v) is 6.85. The number of nitrogen functional groups attached to an aromatic ring is 1. The van der Waals surface area contributed by atoms with E-state index in [2.05, 4.69) is 18.8 Å². The van der Waals surface area contributed by atoms with Gasteiger partial charge < -0.3 is 20.3 Å². The van der Waals surface area contributed by atoms with E-state index in [1.54, 1.807) is 4.90 Å². The zero-order chi connectivity index (χ0) is 26.4. The number of hydrogen-bond acceptors (Lipinski definition) is 6. The molecule has 196 valence electrons. The highest BCUT2D eigenvalue weighted by Gasteiger charge is 2.39. The van der Waals surface area contributed by atoms with Crippen molar-refractivity contribution in [1.82, 2.24) is 9.55 Å². The fourth-order valence-corrected chi connectivity index (χ4v) is 4.59. The number of carbonyl (C=O) groups is 2. The Morgan fingerprint density at radius 2 is 1.97 bits per heavy atom. The van der Waals surface area contributed by atoms with Crippen LogP contribution in [0.5, 0.6) is 0 Å². The molecule has 2 atom stereocenters. The minimum Gasteiger partial charge on any atom is -0.383 e. The molecule has 1 aliphatic rings. The van der Waals surface area contributed by atoms with Crippen LogP contribution in [0.15, 0.2) is 33.9 Å². The molecule has 3 N–H and O–H groups in total. The molecule has 1 aromatic heterocycles. The van der Waals surface area contributed by atoms with Crippen molar-refractivity contribution in [1.29, 1.82) is 0 Å². The van der Waals surface area contributed by atoms with Gasteiger partial charge in [-0.3, -0.25) is 23.9 Å². The number of ether oxygens (including phenoxy) is 1. The molecule has 0 spiro atoms. The van der Waals surface area contributed by atoms with Crippen LogP contribution in [-0.2, 0) is 20.9 Å². The van der Waals surface area contributed by atoms with E-state index in [0.717, 1.165) is 24.1 Å². The molecular weight excluding hydrogens is 462 g/mol. The van der Waals surface area contributed by atoms with Crippen molar-refractivity contribution < 1.29 is 14.3 Å². The number of nitrogens with zero attached hydrogens (tertiary/aromatic N) is 3. The molecule has 36 heavy (non-hydrogen) atoms. The highest BCUT2D eigenvalue weighted by Crippen LogP contribution is 2.34. The maximum absolute atomic E-state index is 13.8. The standard InChI is InChI=1S/C26H37N5O5/c1-5-7-12-30-23(27)22(24(33)28-26(30)35)29(13-14-36-4)25(34)18-15-21(32)31(16-18)20-11-9-8-10-19(20)17(3)6-2/h8-11,17-18H,5-7,12-16,27H2,1-4H3,(H,28,33,35)/t17-,18+/m1/s1. The molecule has 3 rings (SSSR count). The minimum absolute atomic E-state index is 0.0183. The minimum atomic E-state index is -0.738. The van der Waals surface area contributed by atoms with E-state index in [4.69, 9.17) is 10.5 Å². The molecule has 0 saturated carbocycles. The third-order valence-electron chi connectivity index (χ3n) is 6.85. The summed E-state index contributed by atoms with van der Waals surface area (Å²) in [6.45, 7) is 6.90. The van der Waals surface area contributed by atoms with E-state index >= 15 is 0 Å². The summed E-state index contributed by atoms with van der Waals surface area (Å²) in [6.07, 6.45) is 2.44. The molecule has 0 unspecified atom stereocenters. The van der Waals surface area contributed by atoms with Crippen LogP contribution in [0.1, 0.15) is 57.9 Å². The number of para-hydroxylation sites is 1. The number of benzene rings is 1. The molecule has 0 radical (unpaired) electrons. The molecule has 1 saturated heterocycles. The topological polar surface area (TPSA) is 131 Å². The fourth-order valence-electron chi connectivity index (χ4n) is 4.59. The number of aromatic amines is 1. The van der Waals surface area contributed by atoms with Gasteiger partial charge in [-0.1, -0.05) is 45.4 Å². The number of anilines is 3. The maximum Gasteiger partial charge on any atom is 0.330 e. The van der Waals surface area contributed by atoms with Gasteiger partial charge in [0.2, 0.25) is 11.8 Å². The number of hydrogen-bond donors (Lipinski definition) is 2. The highest BCUT2D eigenvalue weighted by atomic mass is 16.5. The quantitative estimate of drug-likeness (QED) is 0.488. The van der Waals surface area contributed by atoms with Crippen LogP contribution in [0.25, 0.3) is 0 Å². The van der Waals surface area contributed by atoms with Gasteiger partial charge in [-0.05, 0) is 30.4 Å². The van der Waals surface area contributed by atoms with Crippen molar-refractivity contribution in [3.8, 4) is 0 Å². The van der Waals surface area contributed by atoms with Crippen LogP contribution in [-0.4, -0.2) is 48.2 Å². The van der Waals surface area contributed by atoms with Gasteiger partial charge >= 0.3 is 5.69 Å². The Kier molecular flexibility index (Phi) is 9.08. The number of H-pyrrole nitrogens is 1. The second-order valence-electron chi connectivity index (χ2n) is 9.25. The molecule has 1 aromatic carbocycles. The van der Waals surface area contributed by atoms with E-state index in [1.807, 2.05) is 31.2 Å². The lowest BCUT2D eigenvalue weighted by atomic mass is 9.96. The van der Waals surface area contributed by atoms with Gasteiger partial charge in [0.25, 0.3) is 5.56 Å². The monoisotopic (exact) mass is 499 g/mol. The van der Waals surface area contributed by atoms with Crippen molar-refractivity contribution >= 4 is 29.0 Å². The van der Waals surface area contributed by atoms with Crippen LogP contribution >= 0.6 is 0 Å². The number of unbranched alkanes of at least 4 members (excludes halogenated alkanes) is 1. The molecule has 0 bridgehead atoms. The van der Waals surface area contributed by atoms with Gasteiger partial charge in [0.05, 0.1) is 12.5 Å². The summed E-state index contributed by atoms with van der Waals surface area (Å²) in [5.74, 6) is -1.03. The van der Waals surface area contributed by atoms with E-state index in [0.29, 0.717) is 13.0 Å². The van der Waals surface area contributed by atoms with Crippen molar-refractivity contribution in [2.75, 3.05) is 42.3 Å². The molecule has 1 fully saturated rings. The Morgan fingerprint density at radius 3 is 2.64 bits per heavy atom. The van der Waals surface area contributed by atoms with Crippen LogP contribution in [0.2, 0.25) is 0 Å². The zero-order valence-electron chi connectivity index (χ0n) is 21.6. The molecular formula is C26H37N5O5.